The van der Waals surface area contributed by atoms with E-state index in [-0.39, 0.29) is 29.9 Å². The Morgan fingerprint density at radius 1 is 1.31 bits per heavy atom. The number of likely N-dealkylation sites (N-methyl/N-ethyl adjacent to an activating group) is 1. The molecule has 0 aliphatic carbocycles. The maximum absolute atomic E-state index is 13.0. The molecule has 1 aromatic carbocycles. The highest BCUT2D eigenvalue weighted by atomic mass is 35.5. The van der Waals surface area contributed by atoms with Gasteiger partial charge in [0.1, 0.15) is 5.02 Å². The number of nitrogens with one attached hydrogen (secondary N) is 3. The molecule has 3 N–H and O–H groups in total. The average molecular weight is 512 g/mol. The average Bonchev–Trinajstić information content (AvgIpc) is 3.33. The number of aromatic nitrogens is 3. The van der Waals surface area contributed by atoms with Crippen LogP contribution in [0.25, 0.3) is 10.9 Å². The molecular formula is C25H30ClN7O3. The van der Waals surface area contributed by atoms with Crippen LogP contribution in [-0.4, -0.2) is 60.3 Å². The van der Waals surface area contributed by atoms with Crippen LogP contribution in [0, 0.1) is 5.41 Å². The molecular weight excluding hydrogens is 482 g/mol. The lowest BCUT2D eigenvalue weighted by Crippen LogP contribution is -2.58. The van der Waals surface area contributed by atoms with Crippen molar-refractivity contribution >= 4 is 45.9 Å². The van der Waals surface area contributed by atoms with Crippen LogP contribution in [0.4, 0.5) is 17.5 Å². The molecule has 0 unspecified atom stereocenters. The third-order valence-electron chi connectivity index (χ3n) is 6.82. The lowest BCUT2D eigenvalue weighted by Gasteiger charge is -2.47. The molecule has 190 valence electrons. The highest BCUT2D eigenvalue weighted by Crippen LogP contribution is 2.38. The number of carbonyl (C=O) groups is 1. The molecule has 2 aliphatic heterocycles. The van der Waals surface area contributed by atoms with Gasteiger partial charge in [-0.2, -0.15) is 4.98 Å². The zero-order valence-electron chi connectivity index (χ0n) is 20.6. The van der Waals surface area contributed by atoms with Crippen molar-refractivity contribution in [3.63, 3.8) is 0 Å². The lowest BCUT2D eigenvalue weighted by atomic mass is 9.79. The molecule has 1 amide bonds. The first-order valence-electron chi connectivity index (χ1n) is 12.1. The number of pyridine rings is 1. The number of carbonyl (C=O) groups excluding carboxylic acids is 1. The molecule has 0 saturated carbocycles. The SMILES string of the molecule is CNC(=O)COc1cc2cc(Nc3nc(N4CC5(CCNC5)C4)ncc3Cl)ccc2n(C(C)C)c1=O. The van der Waals surface area contributed by atoms with E-state index >= 15 is 0 Å². The van der Waals surface area contributed by atoms with Crippen LogP contribution in [-0.2, 0) is 4.79 Å². The highest BCUT2D eigenvalue weighted by molar-refractivity contribution is 6.32. The summed E-state index contributed by atoms with van der Waals surface area (Å²) < 4.78 is 7.21. The molecule has 0 bridgehead atoms. The molecule has 5 rings (SSSR count). The molecule has 2 saturated heterocycles. The first kappa shape index (κ1) is 24.3. The van der Waals surface area contributed by atoms with E-state index in [1.165, 1.54) is 13.5 Å². The molecule has 0 atom stereocenters. The Bertz CT molecular complexity index is 1360. The van der Waals surface area contributed by atoms with Crippen LogP contribution in [0.2, 0.25) is 5.02 Å². The number of amides is 1. The van der Waals surface area contributed by atoms with Crippen molar-refractivity contribution in [2.75, 3.05) is 50.1 Å². The molecule has 4 heterocycles. The molecule has 10 nitrogen and oxygen atoms in total. The third kappa shape index (κ3) is 4.58. The Morgan fingerprint density at radius 2 is 2.11 bits per heavy atom. The van der Waals surface area contributed by atoms with Gasteiger partial charge in [0.2, 0.25) is 5.95 Å². The lowest BCUT2D eigenvalue weighted by molar-refractivity contribution is -0.122. The van der Waals surface area contributed by atoms with Crippen LogP contribution in [0.3, 0.4) is 0 Å². The van der Waals surface area contributed by atoms with Crippen molar-refractivity contribution in [2.45, 2.75) is 26.3 Å². The van der Waals surface area contributed by atoms with E-state index in [4.69, 9.17) is 16.3 Å². The summed E-state index contributed by atoms with van der Waals surface area (Å²) in [6.07, 6.45) is 2.79. The van der Waals surface area contributed by atoms with Gasteiger partial charge in [0.05, 0.1) is 11.7 Å². The Morgan fingerprint density at radius 3 is 2.81 bits per heavy atom. The number of rotatable bonds is 7. The summed E-state index contributed by atoms with van der Waals surface area (Å²) in [6, 6.07) is 7.22. The molecule has 2 fully saturated rings. The van der Waals surface area contributed by atoms with Gasteiger partial charge in [0.15, 0.2) is 18.2 Å². The summed E-state index contributed by atoms with van der Waals surface area (Å²) in [5.74, 6) is 0.971. The van der Waals surface area contributed by atoms with Crippen molar-refractivity contribution in [3.8, 4) is 5.75 Å². The highest BCUT2D eigenvalue weighted by Gasteiger charge is 2.45. The van der Waals surface area contributed by atoms with Crippen LogP contribution >= 0.6 is 11.6 Å². The fraction of sp³-hybridized carbons (Fsp3) is 0.440. The Labute approximate surface area is 214 Å². The molecule has 36 heavy (non-hydrogen) atoms. The van der Waals surface area contributed by atoms with Gasteiger partial charge in [-0.3, -0.25) is 9.59 Å². The minimum Gasteiger partial charge on any atom is -0.478 e. The summed E-state index contributed by atoms with van der Waals surface area (Å²) in [4.78, 5) is 36.0. The number of halogens is 1. The van der Waals surface area contributed by atoms with Crippen LogP contribution < -0.4 is 31.1 Å². The van der Waals surface area contributed by atoms with Gasteiger partial charge in [0.25, 0.3) is 11.5 Å². The van der Waals surface area contributed by atoms with Gasteiger partial charge in [-0.1, -0.05) is 11.6 Å². The zero-order valence-corrected chi connectivity index (χ0v) is 21.4. The van der Waals surface area contributed by atoms with E-state index in [1.54, 1.807) is 16.8 Å². The molecule has 2 aliphatic rings. The fourth-order valence-electron chi connectivity index (χ4n) is 4.93. The van der Waals surface area contributed by atoms with Crippen molar-refractivity contribution in [1.82, 2.24) is 25.2 Å². The Hall–Kier alpha value is -3.37. The van der Waals surface area contributed by atoms with Gasteiger partial charge in [-0.05, 0) is 51.1 Å². The second-order valence-corrected chi connectivity index (χ2v) is 10.2. The van der Waals surface area contributed by atoms with E-state index in [9.17, 15) is 9.59 Å². The van der Waals surface area contributed by atoms with Crippen molar-refractivity contribution in [3.05, 3.63) is 45.8 Å². The number of hydrogen-bond acceptors (Lipinski definition) is 8. The molecule has 2 aromatic heterocycles. The van der Waals surface area contributed by atoms with Crippen LogP contribution in [0.5, 0.6) is 5.75 Å². The summed E-state index contributed by atoms with van der Waals surface area (Å²) in [5.41, 5.74) is 1.56. The molecule has 3 aromatic rings. The first-order valence-corrected chi connectivity index (χ1v) is 12.4. The maximum Gasteiger partial charge on any atom is 0.293 e. The fourth-order valence-corrected chi connectivity index (χ4v) is 5.07. The van der Waals surface area contributed by atoms with Crippen LogP contribution in [0.1, 0.15) is 26.3 Å². The Balaban J connectivity index is 1.43. The summed E-state index contributed by atoms with van der Waals surface area (Å²) >= 11 is 6.43. The summed E-state index contributed by atoms with van der Waals surface area (Å²) in [6.45, 7) is 7.59. The quantitative estimate of drug-likeness (QED) is 0.444. The third-order valence-corrected chi connectivity index (χ3v) is 7.10. The summed E-state index contributed by atoms with van der Waals surface area (Å²) in [7, 11) is 1.52. The number of anilines is 3. The van der Waals surface area contributed by atoms with Gasteiger partial charge >= 0.3 is 0 Å². The maximum atomic E-state index is 13.0. The predicted molar refractivity (Wildman–Crippen MR) is 141 cm³/mol. The van der Waals surface area contributed by atoms with E-state index < -0.39 is 0 Å². The largest absolute Gasteiger partial charge is 0.478 e. The zero-order chi connectivity index (χ0) is 25.4. The second-order valence-electron chi connectivity index (χ2n) is 9.79. The normalized spacial score (nSPS) is 16.4. The number of fused-ring (bicyclic) bond motifs is 1. The minimum absolute atomic E-state index is 0.101. The van der Waals surface area contributed by atoms with Gasteiger partial charge in [-0.25, -0.2) is 4.98 Å². The number of benzene rings is 1. The molecule has 11 heteroatoms. The monoisotopic (exact) mass is 511 g/mol. The first-order chi connectivity index (χ1) is 17.3. The van der Waals surface area contributed by atoms with Crippen molar-refractivity contribution in [2.24, 2.45) is 5.41 Å². The van der Waals surface area contributed by atoms with Gasteiger partial charge < -0.3 is 30.2 Å². The van der Waals surface area contributed by atoms with Gasteiger partial charge in [0, 0.05) is 49.2 Å². The van der Waals surface area contributed by atoms with E-state index in [0.29, 0.717) is 22.2 Å². The van der Waals surface area contributed by atoms with E-state index in [0.717, 1.165) is 42.8 Å². The van der Waals surface area contributed by atoms with E-state index in [1.807, 2.05) is 32.0 Å². The van der Waals surface area contributed by atoms with Crippen molar-refractivity contribution in [1.29, 1.82) is 0 Å². The number of hydrogen-bond donors (Lipinski definition) is 3. The van der Waals surface area contributed by atoms with Gasteiger partial charge in [-0.15, -0.1) is 0 Å². The number of nitrogens with zero attached hydrogens (tertiary/aromatic N) is 4. The minimum atomic E-state index is -0.312. The van der Waals surface area contributed by atoms with Crippen LogP contribution in [0.15, 0.2) is 35.3 Å². The summed E-state index contributed by atoms with van der Waals surface area (Å²) in [5, 5.41) is 10.4. The van der Waals surface area contributed by atoms with Crippen molar-refractivity contribution < 1.29 is 9.53 Å². The standard InChI is InChI=1S/C25H30ClN7O3/c1-15(2)33-19-5-4-17(8-16(19)9-20(23(33)35)36-11-21(34)27-3)30-22-18(26)10-29-24(31-22)32-13-25(14-32)6-7-28-12-25/h4-5,8-10,15,28H,6-7,11-14H2,1-3H3,(H,27,34)(H,29,30,31). The predicted octanol–water partition coefficient (Wildman–Crippen LogP) is 2.69. The van der Waals surface area contributed by atoms with E-state index in [2.05, 4.69) is 30.8 Å². The second kappa shape index (κ2) is 9.59. The topological polar surface area (TPSA) is 113 Å². The molecule has 1 spiro atoms. The smallest absolute Gasteiger partial charge is 0.293 e. The molecule has 0 radical (unpaired) electrons. The Kier molecular flexibility index (Phi) is 6.48. The number of ether oxygens (including phenoxy) is 1.